The molecule has 38 heavy (non-hydrogen) atoms. The van der Waals surface area contributed by atoms with E-state index < -0.39 is 11.9 Å². The Kier molecular flexibility index (Phi) is 6.69. The second kappa shape index (κ2) is 9.83. The molecule has 1 aromatic carbocycles. The van der Waals surface area contributed by atoms with E-state index in [1.54, 1.807) is 31.3 Å². The number of rotatable bonds is 6. The molecule has 0 radical (unpaired) electrons. The number of imidazole rings is 1. The average Bonchev–Trinajstić information content (AvgIpc) is 3.60. The molecule has 5 rings (SSSR count). The standard InChI is InChI=1S/C26H26ClF3N8/c1-4-36-14-23(26(28,29)30)34-25(36)18-8-7-17(10-16(18)12-31)33-20-6-5-9-37-22(20)11-21(35-37)24-19(27)13-32-38(24)15(2)3/h7-8,10-11,13-15,20,33H,4-6,9H2,1-3H3. The summed E-state index contributed by atoms with van der Waals surface area (Å²) in [4.78, 5) is 3.80. The van der Waals surface area contributed by atoms with Crippen LogP contribution in [-0.2, 0) is 19.3 Å². The van der Waals surface area contributed by atoms with Crippen molar-refractivity contribution in [3.63, 3.8) is 0 Å². The molecule has 1 aliphatic rings. The van der Waals surface area contributed by atoms with Crippen LogP contribution < -0.4 is 5.32 Å². The van der Waals surface area contributed by atoms with Crippen molar-refractivity contribution in [2.75, 3.05) is 5.32 Å². The predicted octanol–water partition coefficient (Wildman–Crippen LogP) is 6.70. The summed E-state index contributed by atoms with van der Waals surface area (Å²) in [6.45, 7) is 6.85. The number of hydrogen-bond acceptors (Lipinski definition) is 5. The molecule has 0 fully saturated rings. The summed E-state index contributed by atoms with van der Waals surface area (Å²) in [5.41, 5.74) is 2.78. The summed E-state index contributed by atoms with van der Waals surface area (Å²) in [7, 11) is 0. The van der Waals surface area contributed by atoms with Gasteiger partial charge in [0.05, 0.1) is 34.6 Å². The lowest BCUT2D eigenvalue weighted by Crippen LogP contribution is -2.21. The third-order valence-corrected chi connectivity index (χ3v) is 6.92. The molecule has 0 bridgehead atoms. The van der Waals surface area contributed by atoms with Crippen LogP contribution >= 0.6 is 11.6 Å². The quantitative estimate of drug-likeness (QED) is 0.293. The fourth-order valence-electron chi connectivity index (χ4n) is 4.85. The van der Waals surface area contributed by atoms with Crippen molar-refractivity contribution in [2.45, 2.75) is 65.0 Å². The van der Waals surface area contributed by atoms with Crippen LogP contribution in [0.1, 0.15) is 62.6 Å². The van der Waals surface area contributed by atoms with E-state index in [9.17, 15) is 18.4 Å². The molecule has 1 N–H and O–H groups in total. The van der Waals surface area contributed by atoms with E-state index in [0.717, 1.165) is 42.7 Å². The van der Waals surface area contributed by atoms with Gasteiger partial charge in [-0.25, -0.2) is 4.98 Å². The Bertz CT molecular complexity index is 1520. The lowest BCUT2D eigenvalue weighted by atomic mass is 10.0. The fraction of sp³-hybridized carbons (Fsp3) is 0.385. The van der Waals surface area contributed by atoms with Gasteiger partial charge >= 0.3 is 6.18 Å². The molecule has 12 heteroatoms. The highest BCUT2D eigenvalue weighted by atomic mass is 35.5. The number of nitrogens with one attached hydrogen (secondary N) is 1. The lowest BCUT2D eigenvalue weighted by Gasteiger charge is -2.25. The maximum atomic E-state index is 13.3. The molecular weight excluding hydrogens is 517 g/mol. The van der Waals surface area contributed by atoms with E-state index in [1.807, 2.05) is 29.3 Å². The SMILES string of the molecule is CCn1cc(C(F)(F)F)nc1-c1ccc(NC2CCCn3nc(-c4c(Cl)cnn4C(C)C)cc32)cc1C#N. The smallest absolute Gasteiger partial charge is 0.377 e. The van der Waals surface area contributed by atoms with Gasteiger partial charge in [0, 0.05) is 36.6 Å². The van der Waals surface area contributed by atoms with Crippen LogP contribution in [0.2, 0.25) is 5.02 Å². The molecule has 3 aromatic heterocycles. The molecule has 1 aliphatic heterocycles. The van der Waals surface area contributed by atoms with Gasteiger partial charge in [-0.3, -0.25) is 9.36 Å². The number of anilines is 1. The monoisotopic (exact) mass is 542 g/mol. The van der Waals surface area contributed by atoms with Gasteiger partial charge in [0.15, 0.2) is 5.69 Å². The summed E-state index contributed by atoms with van der Waals surface area (Å²) in [5.74, 6) is 0.113. The number of halogens is 4. The Balaban J connectivity index is 1.46. The molecule has 0 spiro atoms. The van der Waals surface area contributed by atoms with E-state index in [-0.39, 0.29) is 30.0 Å². The molecule has 0 aliphatic carbocycles. The van der Waals surface area contributed by atoms with Gasteiger partial charge in [-0.05, 0) is 57.9 Å². The highest BCUT2D eigenvalue weighted by molar-refractivity contribution is 6.32. The van der Waals surface area contributed by atoms with E-state index in [2.05, 4.69) is 21.5 Å². The van der Waals surface area contributed by atoms with Gasteiger partial charge in [-0.15, -0.1) is 0 Å². The maximum Gasteiger partial charge on any atom is 0.434 e. The molecule has 1 unspecified atom stereocenters. The minimum Gasteiger partial charge on any atom is -0.377 e. The summed E-state index contributed by atoms with van der Waals surface area (Å²) in [6.07, 6.45) is -0.219. The minimum atomic E-state index is -4.57. The zero-order valence-electron chi connectivity index (χ0n) is 21.1. The molecule has 4 aromatic rings. The second-order valence-electron chi connectivity index (χ2n) is 9.50. The van der Waals surface area contributed by atoms with Crippen LogP contribution in [0.5, 0.6) is 0 Å². The molecule has 0 amide bonds. The third-order valence-electron chi connectivity index (χ3n) is 6.64. The molecule has 1 atom stereocenters. The Labute approximate surface area is 222 Å². The van der Waals surface area contributed by atoms with Crippen LogP contribution in [0.15, 0.2) is 36.7 Å². The van der Waals surface area contributed by atoms with E-state index in [1.165, 1.54) is 4.57 Å². The Morgan fingerprint density at radius 2 is 2.05 bits per heavy atom. The van der Waals surface area contributed by atoms with Crippen LogP contribution in [0.4, 0.5) is 18.9 Å². The Morgan fingerprint density at radius 3 is 2.74 bits per heavy atom. The maximum absolute atomic E-state index is 13.3. The number of alkyl halides is 3. The molecular formula is C26H26ClF3N8. The number of nitrogens with zero attached hydrogens (tertiary/aromatic N) is 7. The van der Waals surface area contributed by atoms with Gasteiger partial charge in [0.1, 0.15) is 17.2 Å². The van der Waals surface area contributed by atoms with Gasteiger partial charge in [0.2, 0.25) is 0 Å². The number of benzene rings is 1. The van der Waals surface area contributed by atoms with E-state index in [0.29, 0.717) is 16.3 Å². The highest BCUT2D eigenvalue weighted by Gasteiger charge is 2.35. The van der Waals surface area contributed by atoms with E-state index >= 15 is 0 Å². The van der Waals surface area contributed by atoms with Crippen molar-refractivity contribution >= 4 is 17.3 Å². The summed E-state index contributed by atoms with van der Waals surface area (Å²) in [6, 6.07) is 9.22. The van der Waals surface area contributed by atoms with Gasteiger partial charge in [-0.1, -0.05) is 11.6 Å². The topological polar surface area (TPSA) is 89.3 Å². The Hall–Kier alpha value is -3.78. The van der Waals surface area contributed by atoms with Crippen molar-refractivity contribution in [3.8, 4) is 28.8 Å². The predicted molar refractivity (Wildman–Crippen MR) is 137 cm³/mol. The third kappa shape index (κ3) is 4.65. The van der Waals surface area contributed by atoms with Crippen molar-refractivity contribution in [2.24, 2.45) is 0 Å². The summed E-state index contributed by atoms with van der Waals surface area (Å²) >= 11 is 6.45. The first-order valence-corrected chi connectivity index (χ1v) is 12.7. The van der Waals surface area contributed by atoms with Crippen molar-refractivity contribution in [1.82, 2.24) is 29.1 Å². The zero-order valence-corrected chi connectivity index (χ0v) is 21.8. The average molecular weight is 543 g/mol. The number of hydrogen-bond donors (Lipinski definition) is 1. The van der Waals surface area contributed by atoms with Crippen LogP contribution in [0.3, 0.4) is 0 Å². The van der Waals surface area contributed by atoms with Gasteiger partial charge in [-0.2, -0.15) is 28.6 Å². The first-order valence-electron chi connectivity index (χ1n) is 12.4. The van der Waals surface area contributed by atoms with Crippen molar-refractivity contribution in [1.29, 1.82) is 5.26 Å². The largest absolute Gasteiger partial charge is 0.434 e. The number of fused-ring (bicyclic) bond motifs is 1. The number of aryl methyl sites for hydroxylation is 2. The molecule has 8 nitrogen and oxygen atoms in total. The normalized spacial score (nSPS) is 15.5. The highest BCUT2D eigenvalue weighted by Crippen LogP contribution is 2.36. The van der Waals surface area contributed by atoms with Crippen LogP contribution in [0, 0.1) is 11.3 Å². The molecule has 4 heterocycles. The first kappa shape index (κ1) is 25.9. The summed E-state index contributed by atoms with van der Waals surface area (Å²) in [5, 5.41) is 23.0. The number of nitriles is 1. The first-order chi connectivity index (χ1) is 18.1. The second-order valence-corrected chi connectivity index (χ2v) is 9.91. The minimum absolute atomic E-state index is 0.0777. The van der Waals surface area contributed by atoms with Crippen molar-refractivity contribution < 1.29 is 13.2 Å². The molecule has 0 saturated heterocycles. The molecule has 198 valence electrons. The molecule has 0 saturated carbocycles. The fourth-order valence-corrected chi connectivity index (χ4v) is 5.08. The van der Waals surface area contributed by atoms with Crippen LogP contribution in [0.25, 0.3) is 22.8 Å². The van der Waals surface area contributed by atoms with Crippen molar-refractivity contribution in [3.05, 3.63) is 58.6 Å². The zero-order chi connectivity index (χ0) is 27.2. The van der Waals surface area contributed by atoms with Gasteiger partial charge in [0.25, 0.3) is 0 Å². The lowest BCUT2D eigenvalue weighted by molar-refractivity contribution is -0.140. The Morgan fingerprint density at radius 1 is 1.26 bits per heavy atom. The summed E-state index contributed by atoms with van der Waals surface area (Å²) < 4.78 is 45.0. The van der Waals surface area contributed by atoms with Gasteiger partial charge < -0.3 is 9.88 Å². The van der Waals surface area contributed by atoms with E-state index in [4.69, 9.17) is 16.7 Å². The van der Waals surface area contributed by atoms with Crippen LogP contribution in [-0.4, -0.2) is 29.1 Å². The number of aromatic nitrogens is 6.